The normalized spacial score (nSPS) is 11.4. The van der Waals surface area contributed by atoms with Gasteiger partial charge in [-0.25, -0.2) is 13.4 Å². The van der Waals surface area contributed by atoms with Crippen LogP contribution in [0.3, 0.4) is 0 Å². The molecule has 1 heterocycles. The number of anilines is 1. The molecule has 0 spiro atoms. The van der Waals surface area contributed by atoms with E-state index in [1.807, 2.05) is 13.8 Å². The van der Waals surface area contributed by atoms with E-state index in [1.165, 1.54) is 0 Å². The lowest BCUT2D eigenvalue weighted by Gasteiger charge is -2.07. The summed E-state index contributed by atoms with van der Waals surface area (Å²) in [5.41, 5.74) is 0.947. The third kappa shape index (κ3) is 4.09. The molecule has 1 N–H and O–H groups in total. The summed E-state index contributed by atoms with van der Waals surface area (Å²) in [6.07, 6.45) is 3.10. The molecule has 0 bridgehead atoms. The van der Waals surface area contributed by atoms with Crippen molar-refractivity contribution in [2.24, 2.45) is 0 Å². The van der Waals surface area contributed by atoms with Crippen molar-refractivity contribution in [1.29, 1.82) is 0 Å². The van der Waals surface area contributed by atoms with Gasteiger partial charge in [0, 0.05) is 10.7 Å². The minimum atomic E-state index is -3.25. The maximum absolute atomic E-state index is 11.6. The summed E-state index contributed by atoms with van der Waals surface area (Å²) >= 11 is 3.31. The van der Waals surface area contributed by atoms with E-state index in [0.717, 1.165) is 16.5 Å². The zero-order chi connectivity index (χ0) is 12.2. The second kappa shape index (κ2) is 5.63. The van der Waals surface area contributed by atoms with Crippen LogP contribution in [-0.2, 0) is 10.0 Å². The smallest absolute Gasteiger partial charge is 0.233 e. The monoisotopic (exact) mass is 306 g/mol. The predicted molar refractivity (Wildman–Crippen MR) is 69.0 cm³/mol. The van der Waals surface area contributed by atoms with Gasteiger partial charge < -0.3 is 0 Å². The Morgan fingerprint density at radius 1 is 1.50 bits per heavy atom. The summed E-state index contributed by atoms with van der Waals surface area (Å²) < 4.78 is 26.5. The van der Waals surface area contributed by atoms with Crippen LogP contribution in [0.2, 0.25) is 0 Å². The molecule has 0 aliphatic heterocycles. The molecule has 1 aromatic rings. The molecule has 1 aromatic heterocycles. The van der Waals surface area contributed by atoms with Gasteiger partial charge in [-0.15, -0.1) is 0 Å². The van der Waals surface area contributed by atoms with Gasteiger partial charge in [0.1, 0.15) is 5.82 Å². The van der Waals surface area contributed by atoms with E-state index in [0.29, 0.717) is 12.2 Å². The molecular formula is C10H15BrN2O2S. The molecular weight excluding hydrogens is 292 g/mol. The number of sulfonamides is 1. The molecule has 0 aliphatic rings. The third-order valence-electron chi connectivity index (χ3n) is 2.07. The van der Waals surface area contributed by atoms with Gasteiger partial charge in [-0.1, -0.05) is 13.3 Å². The Morgan fingerprint density at radius 2 is 2.19 bits per heavy atom. The Balaban J connectivity index is 2.76. The average molecular weight is 307 g/mol. The summed E-state index contributed by atoms with van der Waals surface area (Å²) in [6, 6.07) is 1.70. The average Bonchev–Trinajstić information content (AvgIpc) is 2.20. The van der Waals surface area contributed by atoms with Crippen molar-refractivity contribution in [3.8, 4) is 0 Å². The van der Waals surface area contributed by atoms with Crippen molar-refractivity contribution in [3.63, 3.8) is 0 Å². The maximum atomic E-state index is 11.6. The van der Waals surface area contributed by atoms with E-state index in [2.05, 4.69) is 25.6 Å². The second-order valence-corrected chi connectivity index (χ2v) is 6.29. The van der Waals surface area contributed by atoms with Crippen LogP contribution in [0, 0.1) is 6.92 Å². The zero-order valence-electron chi connectivity index (χ0n) is 9.33. The van der Waals surface area contributed by atoms with Crippen LogP contribution in [0.4, 0.5) is 5.82 Å². The number of rotatable bonds is 5. The van der Waals surface area contributed by atoms with Gasteiger partial charge in [-0.2, -0.15) is 0 Å². The fourth-order valence-electron chi connectivity index (χ4n) is 1.14. The number of unbranched alkanes of at least 4 members (excludes halogenated alkanes) is 1. The van der Waals surface area contributed by atoms with Crippen molar-refractivity contribution >= 4 is 31.8 Å². The number of aryl methyl sites for hydroxylation is 1. The minimum Gasteiger partial charge on any atom is -0.267 e. The highest BCUT2D eigenvalue weighted by Crippen LogP contribution is 2.18. The molecule has 4 nitrogen and oxygen atoms in total. The molecule has 0 aromatic carbocycles. The van der Waals surface area contributed by atoms with E-state index in [-0.39, 0.29) is 5.75 Å². The lowest BCUT2D eigenvalue weighted by atomic mass is 10.3. The Bertz CT molecular complexity index is 460. The molecule has 1 rings (SSSR count). The number of halogens is 1. The zero-order valence-corrected chi connectivity index (χ0v) is 11.7. The summed E-state index contributed by atoms with van der Waals surface area (Å²) in [5, 5.41) is 0. The van der Waals surface area contributed by atoms with E-state index in [1.54, 1.807) is 12.3 Å². The first-order chi connectivity index (χ1) is 7.44. The first-order valence-corrected chi connectivity index (χ1v) is 7.52. The van der Waals surface area contributed by atoms with Crippen LogP contribution in [0.1, 0.15) is 25.3 Å². The summed E-state index contributed by atoms with van der Waals surface area (Å²) in [5.74, 6) is 0.511. The first-order valence-electron chi connectivity index (χ1n) is 5.07. The summed E-state index contributed by atoms with van der Waals surface area (Å²) in [6.45, 7) is 3.84. The Hall–Kier alpha value is -0.620. The molecule has 90 valence electrons. The molecule has 0 saturated heterocycles. The van der Waals surface area contributed by atoms with Crippen LogP contribution in [-0.4, -0.2) is 19.2 Å². The fourth-order valence-corrected chi connectivity index (χ4v) is 2.56. The van der Waals surface area contributed by atoms with Crippen LogP contribution in [0.15, 0.2) is 16.7 Å². The SMILES string of the molecule is CCCCS(=O)(=O)Nc1cc(C)c(Br)cn1. The Labute approximate surface area is 105 Å². The molecule has 16 heavy (non-hydrogen) atoms. The highest BCUT2D eigenvalue weighted by molar-refractivity contribution is 9.10. The number of aromatic nitrogens is 1. The largest absolute Gasteiger partial charge is 0.267 e. The first kappa shape index (κ1) is 13.4. The number of nitrogens with one attached hydrogen (secondary N) is 1. The predicted octanol–water partition coefficient (Wildman–Crippen LogP) is 2.69. The van der Waals surface area contributed by atoms with Crippen molar-refractivity contribution in [2.75, 3.05) is 10.5 Å². The molecule has 0 radical (unpaired) electrons. The van der Waals surface area contributed by atoms with Gasteiger partial charge in [0.05, 0.1) is 5.75 Å². The van der Waals surface area contributed by atoms with Gasteiger partial charge in [-0.05, 0) is 40.9 Å². The topological polar surface area (TPSA) is 59.1 Å². The van der Waals surface area contributed by atoms with Gasteiger partial charge in [0.2, 0.25) is 10.0 Å². The highest BCUT2D eigenvalue weighted by atomic mass is 79.9. The lowest BCUT2D eigenvalue weighted by Crippen LogP contribution is -2.17. The maximum Gasteiger partial charge on any atom is 0.233 e. The van der Waals surface area contributed by atoms with Gasteiger partial charge in [0.25, 0.3) is 0 Å². The molecule has 0 fully saturated rings. The van der Waals surface area contributed by atoms with Crippen LogP contribution >= 0.6 is 15.9 Å². The Morgan fingerprint density at radius 3 is 2.75 bits per heavy atom. The molecule has 0 atom stereocenters. The standard InChI is InChI=1S/C10H15BrN2O2S/c1-3-4-5-16(14,15)13-10-6-8(2)9(11)7-12-10/h6-7H,3-5H2,1-2H3,(H,12,13). The van der Waals surface area contributed by atoms with Gasteiger partial charge in [-0.3, -0.25) is 4.72 Å². The number of hydrogen-bond donors (Lipinski definition) is 1. The quantitative estimate of drug-likeness (QED) is 0.910. The number of pyridine rings is 1. The van der Waals surface area contributed by atoms with Crippen LogP contribution in [0.25, 0.3) is 0 Å². The second-order valence-electron chi connectivity index (χ2n) is 3.59. The lowest BCUT2D eigenvalue weighted by molar-refractivity contribution is 0.597. The molecule has 6 heteroatoms. The molecule has 0 unspecified atom stereocenters. The molecule has 0 saturated carbocycles. The van der Waals surface area contributed by atoms with Crippen molar-refractivity contribution < 1.29 is 8.42 Å². The number of nitrogens with zero attached hydrogens (tertiary/aromatic N) is 1. The van der Waals surface area contributed by atoms with E-state index < -0.39 is 10.0 Å². The Kier molecular flexibility index (Phi) is 4.73. The molecule has 0 amide bonds. The third-order valence-corrected chi connectivity index (χ3v) is 4.25. The van der Waals surface area contributed by atoms with Gasteiger partial charge in [0.15, 0.2) is 0 Å². The minimum absolute atomic E-state index is 0.139. The molecule has 0 aliphatic carbocycles. The highest BCUT2D eigenvalue weighted by Gasteiger charge is 2.10. The van der Waals surface area contributed by atoms with E-state index >= 15 is 0 Å². The van der Waals surface area contributed by atoms with Crippen molar-refractivity contribution in [2.45, 2.75) is 26.7 Å². The van der Waals surface area contributed by atoms with Gasteiger partial charge >= 0.3 is 0 Å². The fraction of sp³-hybridized carbons (Fsp3) is 0.500. The van der Waals surface area contributed by atoms with Crippen LogP contribution in [0.5, 0.6) is 0 Å². The summed E-state index contributed by atoms with van der Waals surface area (Å²) in [4.78, 5) is 4.00. The van der Waals surface area contributed by atoms with Crippen molar-refractivity contribution in [1.82, 2.24) is 4.98 Å². The van der Waals surface area contributed by atoms with E-state index in [4.69, 9.17) is 0 Å². The van der Waals surface area contributed by atoms with Crippen LogP contribution < -0.4 is 4.72 Å². The van der Waals surface area contributed by atoms with Crippen molar-refractivity contribution in [3.05, 3.63) is 22.3 Å². The number of hydrogen-bond acceptors (Lipinski definition) is 3. The van der Waals surface area contributed by atoms with E-state index in [9.17, 15) is 8.42 Å². The summed E-state index contributed by atoms with van der Waals surface area (Å²) in [7, 11) is -3.25.